The summed E-state index contributed by atoms with van der Waals surface area (Å²) in [4.78, 5) is 0. The zero-order valence-electron chi connectivity index (χ0n) is 11.7. The first-order valence-electron chi connectivity index (χ1n) is 6.59. The van der Waals surface area contributed by atoms with Gasteiger partial charge in [-0.3, -0.25) is 0 Å². The van der Waals surface area contributed by atoms with E-state index >= 15 is 0 Å². The fourth-order valence-electron chi connectivity index (χ4n) is 2.57. The normalized spacial score (nSPS) is 12.4. The Morgan fingerprint density at radius 2 is 1.79 bits per heavy atom. The molecule has 1 N–H and O–H groups in total. The van der Waals surface area contributed by atoms with Crippen molar-refractivity contribution in [2.24, 2.45) is 0 Å². The number of hydrogen-bond donors (Lipinski definition) is 1. The Kier molecular flexibility index (Phi) is 4.33. The van der Waals surface area contributed by atoms with Gasteiger partial charge in [0.2, 0.25) is 0 Å². The molecule has 2 aromatic carbocycles. The Bertz CT molecular complexity index is 525. The molecule has 0 fully saturated rings. The largest absolute Gasteiger partial charge is 0.313 e. The molecule has 0 amide bonds. The molecule has 0 radical (unpaired) electrons. The molecule has 0 saturated heterocycles. The molecule has 19 heavy (non-hydrogen) atoms. The minimum atomic E-state index is -0.118. The Hall–Kier alpha value is -1.67. The van der Waals surface area contributed by atoms with Crippen LogP contribution in [0.4, 0.5) is 4.39 Å². The average Bonchev–Trinajstić information content (AvgIpc) is 2.37. The number of likely N-dealkylation sites (N-methyl/N-ethyl adjacent to an activating group) is 1. The summed E-state index contributed by atoms with van der Waals surface area (Å²) in [5, 5.41) is 3.23. The van der Waals surface area contributed by atoms with Gasteiger partial charge in [0.25, 0.3) is 0 Å². The number of hydrogen-bond acceptors (Lipinski definition) is 1. The van der Waals surface area contributed by atoms with Crippen molar-refractivity contribution in [1.82, 2.24) is 5.32 Å². The van der Waals surface area contributed by atoms with Gasteiger partial charge in [0, 0.05) is 11.6 Å². The van der Waals surface area contributed by atoms with Crippen LogP contribution in [0.5, 0.6) is 0 Å². The smallest absolute Gasteiger partial charge is 0.128 e. The summed E-state index contributed by atoms with van der Waals surface area (Å²) < 4.78 is 14.2. The second kappa shape index (κ2) is 5.98. The summed E-state index contributed by atoms with van der Waals surface area (Å²) in [5.41, 5.74) is 3.96. The van der Waals surface area contributed by atoms with Crippen molar-refractivity contribution in [2.75, 3.05) is 7.05 Å². The van der Waals surface area contributed by atoms with Crippen LogP contribution in [0.15, 0.2) is 42.5 Å². The average molecular weight is 257 g/mol. The van der Waals surface area contributed by atoms with E-state index in [2.05, 4.69) is 17.4 Å². The van der Waals surface area contributed by atoms with Gasteiger partial charge in [-0.2, -0.15) is 0 Å². The fourth-order valence-corrected chi connectivity index (χ4v) is 2.57. The van der Waals surface area contributed by atoms with Crippen LogP contribution in [-0.2, 0) is 6.42 Å². The maximum atomic E-state index is 14.2. The molecule has 0 aliphatic heterocycles. The minimum absolute atomic E-state index is 0.00278. The van der Waals surface area contributed by atoms with Gasteiger partial charge in [-0.15, -0.1) is 0 Å². The summed E-state index contributed by atoms with van der Waals surface area (Å²) in [7, 11) is 1.88. The lowest BCUT2D eigenvalue weighted by Crippen LogP contribution is -2.21. The first-order valence-corrected chi connectivity index (χ1v) is 6.59. The van der Waals surface area contributed by atoms with Gasteiger partial charge >= 0.3 is 0 Å². The number of halogens is 1. The molecule has 0 heterocycles. The van der Waals surface area contributed by atoms with E-state index in [1.54, 1.807) is 6.07 Å². The standard InChI is InChI=1S/C17H20FN/c1-12-9-13(2)17(15(18)10-12)16(19-3)11-14-7-5-4-6-8-14/h4-10,16,19H,11H2,1-3H3. The van der Waals surface area contributed by atoms with Crippen molar-refractivity contribution in [3.63, 3.8) is 0 Å². The van der Waals surface area contributed by atoms with E-state index in [9.17, 15) is 4.39 Å². The van der Waals surface area contributed by atoms with Crippen LogP contribution in [0, 0.1) is 19.7 Å². The van der Waals surface area contributed by atoms with Crippen LogP contribution in [0.2, 0.25) is 0 Å². The zero-order chi connectivity index (χ0) is 13.8. The molecule has 0 saturated carbocycles. The first-order chi connectivity index (χ1) is 9.11. The Labute approximate surface area is 114 Å². The summed E-state index contributed by atoms with van der Waals surface area (Å²) in [5.74, 6) is -0.118. The van der Waals surface area contributed by atoms with Gasteiger partial charge < -0.3 is 5.32 Å². The number of aryl methyl sites for hydroxylation is 2. The topological polar surface area (TPSA) is 12.0 Å². The molecular formula is C17H20FN. The molecule has 2 rings (SSSR count). The lowest BCUT2D eigenvalue weighted by Gasteiger charge is -2.20. The lowest BCUT2D eigenvalue weighted by atomic mass is 9.94. The summed E-state index contributed by atoms with van der Waals surface area (Å²) >= 11 is 0. The Morgan fingerprint density at radius 1 is 1.11 bits per heavy atom. The van der Waals surface area contributed by atoms with Gasteiger partial charge in [0.05, 0.1) is 0 Å². The third kappa shape index (κ3) is 3.21. The van der Waals surface area contributed by atoms with Gasteiger partial charge in [-0.05, 0) is 50.1 Å². The highest BCUT2D eigenvalue weighted by molar-refractivity contribution is 5.35. The maximum absolute atomic E-state index is 14.2. The Balaban J connectivity index is 2.32. The highest BCUT2D eigenvalue weighted by Gasteiger charge is 2.17. The first kappa shape index (κ1) is 13.8. The molecule has 2 heteroatoms. The van der Waals surface area contributed by atoms with Crippen molar-refractivity contribution in [3.05, 3.63) is 70.5 Å². The van der Waals surface area contributed by atoms with Crippen molar-refractivity contribution in [2.45, 2.75) is 26.3 Å². The van der Waals surface area contributed by atoms with Crippen molar-refractivity contribution in [1.29, 1.82) is 0 Å². The summed E-state index contributed by atoms with van der Waals surface area (Å²) in [6.07, 6.45) is 0.790. The highest BCUT2D eigenvalue weighted by Crippen LogP contribution is 2.25. The SMILES string of the molecule is CNC(Cc1ccccc1)c1c(C)cc(C)cc1F. The van der Waals surface area contributed by atoms with E-state index in [1.165, 1.54) is 5.56 Å². The third-order valence-electron chi connectivity index (χ3n) is 3.46. The number of benzene rings is 2. The van der Waals surface area contributed by atoms with Crippen LogP contribution in [0.3, 0.4) is 0 Å². The molecule has 0 aromatic heterocycles. The highest BCUT2D eigenvalue weighted by atomic mass is 19.1. The minimum Gasteiger partial charge on any atom is -0.313 e. The second-order valence-electron chi connectivity index (χ2n) is 5.01. The van der Waals surface area contributed by atoms with E-state index in [-0.39, 0.29) is 11.9 Å². The van der Waals surface area contributed by atoms with Crippen molar-refractivity contribution < 1.29 is 4.39 Å². The quantitative estimate of drug-likeness (QED) is 0.874. The van der Waals surface area contributed by atoms with Gasteiger partial charge in [0.15, 0.2) is 0 Å². The van der Waals surface area contributed by atoms with Gasteiger partial charge in [-0.25, -0.2) is 4.39 Å². The molecule has 2 aromatic rings. The summed E-state index contributed by atoms with van der Waals surface area (Å²) in [6, 6.07) is 13.8. The van der Waals surface area contributed by atoms with Crippen LogP contribution in [0.25, 0.3) is 0 Å². The van der Waals surface area contributed by atoms with E-state index < -0.39 is 0 Å². The Morgan fingerprint density at radius 3 is 2.37 bits per heavy atom. The van der Waals surface area contributed by atoms with Crippen LogP contribution >= 0.6 is 0 Å². The molecule has 100 valence electrons. The molecule has 0 aliphatic carbocycles. The van der Waals surface area contributed by atoms with Crippen LogP contribution < -0.4 is 5.32 Å². The molecule has 1 atom stereocenters. The van der Waals surface area contributed by atoms with Gasteiger partial charge in [-0.1, -0.05) is 36.4 Å². The third-order valence-corrected chi connectivity index (χ3v) is 3.46. The van der Waals surface area contributed by atoms with E-state index in [0.717, 1.165) is 23.1 Å². The fraction of sp³-hybridized carbons (Fsp3) is 0.294. The predicted molar refractivity (Wildman–Crippen MR) is 77.8 cm³/mol. The maximum Gasteiger partial charge on any atom is 0.128 e. The number of rotatable bonds is 4. The molecule has 1 nitrogen and oxygen atoms in total. The predicted octanol–water partition coefficient (Wildman–Crippen LogP) is 3.95. The zero-order valence-corrected chi connectivity index (χ0v) is 11.7. The second-order valence-corrected chi connectivity index (χ2v) is 5.01. The molecular weight excluding hydrogens is 237 g/mol. The van der Waals surface area contributed by atoms with Crippen molar-refractivity contribution >= 4 is 0 Å². The van der Waals surface area contributed by atoms with Crippen molar-refractivity contribution in [3.8, 4) is 0 Å². The number of nitrogens with one attached hydrogen (secondary N) is 1. The van der Waals surface area contributed by atoms with Crippen LogP contribution in [-0.4, -0.2) is 7.05 Å². The van der Waals surface area contributed by atoms with E-state index in [1.807, 2.05) is 45.2 Å². The monoisotopic (exact) mass is 257 g/mol. The van der Waals surface area contributed by atoms with E-state index in [0.29, 0.717) is 0 Å². The van der Waals surface area contributed by atoms with E-state index in [4.69, 9.17) is 0 Å². The lowest BCUT2D eigenvalue weighted by molar-refractivity contribution is 0.530. The molecule has 0 spiro atoms. The molecule has 0 bridgehead atoms. The molecule has 1 unspecified atom stereocenters. The summed E-state index contributed by atoms with van der Waals surface area (Å²) in [6.45, 7) is 3.90. The molecule has 0 aliphatic rings. The van der Waals surface area contributed by atoms with Crippen LogP contribution in [0.1, 0.15) is 28.3 Å². The van der Waals surface area contributed by atoms with Gasteiger partial charge in [0.1, 0.15) is 5.82 Å².